The molecule has 10 heteroatoms. The maximum absolute atomic E-state index is 14.6. The zero-order valence-electron chi connectivity index (χ0n) is 16.8. The topological polar surface area (TPSA) is 83.2 Å². The van der Waals surface area contributed by atoms with E-state index in [-0.39, 0.29) is 29.4 Å². The van der Waals surface area contributed by atoms with Gasteiger partial charge >= 0.3 is 0 Å². The minimum Gasteiger partial charge on any atom is -0.508 e. The largest absolute Gasteiger partial charge is 0.508 e. The lowest BCUT2D eigenvalue weighted by molar-refractivity contribution is -1.01. The van der Waals surface area contributed by atoms with Crippen LogP contribution in [0.3, 0.4) is 0 Å². The van der Waals surface area contributed by atoms with E-state index in [0.717, 1.165) is 5.56 Å². The standard InChI is InChI=1S/C20H23F2N5O2S/c1-20(2,3)27(29,30)25-19-23-12-26(24-19)14-10-17(21)16(18(22)11-14)9-6-13-4-7-15(28)8-5-13/h4-5,7-8,10-12,29-30H,6,9H2,1-3H3,(H-,24,25,28)/p+1. The van der Waals surface area contributed by atoms with Gasteiger partial charge in [-0.3, -0.25) is 0 Å². The molecule has 0 spiro atoms. The van der Waals surface area contributed by atoms with Crippen molar-refractivity contribution in [3.8, 4) is 11.4 Å². The van der Waals surface area contributed by atoms with Crippen LogP contribution >= 0.6 is 12.8 Å². The van der Waals surface area contributed by atoms with Gasteiger partial charge in [-0.2, -0.15) is 15.6 Å². The first-order chi connectivity index (χ1) is 14.0. The number of benzene rings is 2. The fraction of sp³-hybridized carbons (Fsp3) is 0.300. The molecule has 7 nitrogen and oxygen atoms in total. The minimum atomic E-state index is -0.879. The number of hydrogen-bond acceptors (Lipinski definition) is 6. The van der Waals surface area contributed by atoms with Gasteiger partial charge in [0.15, 0.2) is 5.54 Å². The van der Waals surface area contributed by atoms with Gasteiger partial charge in [-0.1, -0.05) is 12.1 Å². The van der Waals surface area contributed by atoms with Crippen LogP contribution < -0.4 is 5.43 Å². The lowest BCUT2D eigenvalue weighted by Crippen LogP contribution is -2.54. The summed E-state index contributed by atoms with van der Waals surface area (Å²) in [6.07, 6.45) is 1.88. The number of nitrogens with zero attached hydrogens (tertiary/aromatic N) is 4. The molecule has 3 N–H and O–H groups in total. The number of quaternary nitrogens is 1. The van der Waals surface area contributed by atoms with E-state index in [9.17, 15) is 19.1 Å². The number of anilines is 1. The zero-order chi connectivity index (χ0) is 22.1. The van der Waals surface area contributed by atoms with Crippen molar-refractivity contribution in [2.24, 2.45) is 0 Å². The summed E-state index contributed by atoms with van der Waals surface area (Å²) in [4.78, 5) is 4.01. The summed E-state index contributed by atoms with van der Waals surface area (Å²) < 4.78 is 29.5. The van der Waals surface area contributed by atoms with Gasteiger partial charge in [-0.25, -0.2) is 13.5 Å². The first-order valence-electron chi connectivity index (χ1n) is 9.27. The molecule has 0 aliphatic rings. The molecule has 1 aromatic heterocycles. The molecule has 2 aromatic carbocycles. The number of halogens is 2. The third kappa shape index (κ3) is 4.89. The highest BCUT2D eigenvalue weighted by atomic mass is 32.1. The quantitative estimate of drug-likeness (QED) is 0.264. The second-order valence-electron chi connectivity index (χ2n) is 7.95. The summed E-state index contributed by atoms with van der Waals surface area (Å²) in [5.41, 5.74) is 2.94. The van der Waals surface area contributed by atoms with Crippen molar-refractivity contribution in [3.05, 3.63) is 65.5 Å². The van der Waals surface area contributed by atoms with E-state index in [1.165, 1.54) is 35.3 Å². The van der Waals surface area contributed by atoms with Crippen molar-refractivity contribution >= 4 is 18.8 Å². The number of nitrogens with one attached hydrogen (secondary N) is 1. The van der Waals surface area contributed by atoms with E-state index in [1.807, 2.05) is 0 Å². The third-order valence-corrected chi connectivity index (χ3v) is 5.37. The van der Waals surface area contributed by atoms with Gasteiger partial charge in [-0.15, -0.1) is 5.10 Å². The predicted molar refractivity (Wildman–Crippen MR) is 111 cm³/mol. The van der Waals surface area contributed by atoms with Crippen LogP contribution in [0, 0.1) is 11.6 Å². The Hall–Kier alpha value is -2.69. The molecule has 0 bridgehead atoms. The Labute approximate surface area is 178 Å². The molecule has 0 aliphatic heterocycles. The maximum atomic E-state index is 14.6. The third-order valence-electron chi connectivity index (χ3n) is 4.67. The summed E-state index contributed by atoms with van der Waals surface area (Å²) in [6, 6.07) is 8.85. The van der Waals surface area contributed by atoms with E-state index in [2.05, 4.69) is 28.3 Å². The van der Waals surface area contributed by atoms with Crippen LogP contribution in [0.2, 0.25) is 0 Å². The number of thiol groups is 1. The molecule has 0 amide bonds. The van der Waals surface area contributed by atoms with Crippen molar-refractivity contribution in [1.29, 1.82) is 0 Å². The Kier molecular flexibility index (Phi) is 6.02. The van der Waals surface area contributed by atoms with Crippen LogP contribution in [0.4, 0.5) is 14.7 Å². The van der Waals surface area contributed by atoms with Gasteiger partial charge in [0.1, 0.15) is 36.5 Å². The lowest BCUT2D eigenvalue weighted by Gasteiger charge is -2.33. The van der Waals surface area contributed by atoms with Crippen LogP contribution in [-0.4, -0.2) is 34.8 Å². The Morgan fingerprint density at radius 3 is 2.27 bits per heavy atom. The smallest absolute Gasteiger partial charge is 0.292 e. The van der Waals surface area contributed by atoms with Crippen molar-refractivity contribution in [2.75, 3.05) is 5.43 Å². The summed E-state index contributed by atoms with van der Waals surface area (Å²) in [6.45, 7) is 5.27. The second kappa shape index (κ2) is 8.21. The van der Waals surface area contributed by atoms with Gasteiger partial charge in [0.05, 0.1) is 5.69 Å². The molecule has 0 aliphatic carbocycles. The molecule has 1 unspecified atom stereocenters. The fourth-order valence-corrected chi connectivity index (χ4v) is 2.73. The average molecular weight is 437 g/mol. The van der Waals surface area contributed by atoms with Crippen LogP contribution in [0.15, 0.2) is 42.7 Å². The van der Waals surface area contributed by atoms with Crippen LogP contribution in [0.5, 0.6) is 5.75 Å². The highest BCUT2D eigenvalue weighted by Gasteiger charge is 2.39. The number of phenols is 1. The van der Waals surface area contributed by atoms with Crippen molar-refractivity contribution in [3.63, 3.8) is 0 Å². The zero-order valence-corrected chi connectivity index (χ0v) is 17.7. The molecule has 1 atom stereocenters. The molecule has 30 heavy (non-hydrogen) atoms. The number of hydroxylamine groups is 1. The molecular formula is C20H24F2N5O2S+. The first-order valence-corrected chi connectivity index (χ1v) is 9.67. The molecule has 3 aromatic rings. The summed E-state index contributed by atoms with van der Waals surface area (Å²) >= 11 is 4.14. The Morgan fingerprint density at radius 2 is 1.70 bits per heavy atom. The normalized spacial score (nSPS) is 13.8. The summed E-state index contributed by atoms with van der Waals surface area (Å²) in [5, 5.41) is 23.8. The summed E-state index contributed by atoms with van der Waals surface area (Å²) in [5.74, 6) is -1.20. The molecular weight excluding hydrogens is 412 g/mol. The van der Waals surface area contributed by atoms with E-state index in [0.29, 0.717) is 6.42 Å². The van der Waals surface area contributed by atoms with Crippen molar-refractivity contribution in [1.82, 2.24) is 14.8 Å². The van der Waals surface area contributed by atoms with Gasteiger partial charge in [0.25, 0.3) is 5.95 Å². The average Bonchev–Trinajstić information content (AvgIpc) is 3.09. The Morgan fingerprint density at radius 1 is 1.10 bits per heavy atom. The maximum Gasteiger partial charge on any atom is 0.292 e. The Balaban J connectivity index is 1.77. The number of hydrogen-bond donors (Lipinski definition) is 4. The van der Waals surface area contributed by atoms with Crippen LogP contribution in [0.1, 0.15) is 31.9 Å². The molecule has 1 heterocycles. The first kappa shape index (κ1) is 22.0. The van der Waals surface area contributed by atoms with E-state index in [4.69, 9.17) is 0 Å². The molecule has 3 rings (SSSR count). The molecule has 0 saturated carbocycles. The Bertz CT molecular complexity index is 1010. The van der Waals surface area contributed by atoms with Gasteiger partial charge in [-0.05, 0) is 55.5 Å². The number of phenolic OH excluding ortho intramolecular Hbond substituents is 1. The van der Waals surface area contributed by atoms with Crippen molar-refractivity contribution < 1.29 is 23.3 Å². The van der Waals surface area contributed by atoms with E-state index in [1.54, 1.807) is 32.9 Å². The SMILES string of the molecule is CC(C)(C)[N+](O)(S)Nc1ncn(-c2cc(F)c(CCc3ccc(O)cc3)c(F)c2)n1. The molecule has 0 fully saturated rings. The van der Waals surface area contributed by atoms with E-state index >= 15 is 0 Å². The molecule has 0 saturated heterocycles. The highest BCUT2D eigenvalue weighted by molar-refractivity contribution is 7.74. The highest BCUT2D eigenvalue weighted by Crippen LogP contribution is 2.25. The lowest BCUT2D eigenvalue weighted by atomic mass is 10.0. The van der Waals surface area contributed by atoms with Gasteiger partial charge < -0.3 is 5.11 Å². The number of aromatic nitrogens is 3. The van der Waals surface area contributed by atoms with E-state index < -0.39 is 21.3 Å². The van der Waals surface area contributed by atoms with Gasteiger partial charge in [0.2, 0.25) is 0 Å². The summed E-state index contributed by atoms with van der Waals surface area (Å²) in [7, 11) is 0. The van der Waals surface area contributed by atoms with Crippen LogP contribution in [0.25, 0.3) is 5.69 Å². The molecule has 160 valence electrons. The monoisotopic (exact) mass is 436 g/mol. The molecule has 0 radical (unpaired) electrons. The number of aromatic hydroxyl groups is 1. The fourth-order valence-electron chi connectivity index (χ4n) is 2.64. The van der Waals surface area contributed by atoms with Crippen molar-refractivity contribution in [2.45, 2.75) is 39.2 Å². The van der Waals surface area contributed by atoms with Gasteiger partial charge in [0, 0.05) is 17.7 Å². The minimum absolute atomic E-state index is 0.0283. The number of rotatable bonds is 6. The predicted octanol–water partition coefficient (Wildman–Crippen LogP) is 4.21. The second-order valence-corrected chi connectivity index (χ2v) is 8.53. The van der Waals surface area contributed by atoms with Crippen LogP contribution in [-0.2, 0) is 12.8 Å². The number of aryl methyl sites for hydroxylation is 1.